The zero-order valence-electron chi connectivity index (χ0n) is 12.3. The van der Waals surface area contributed by atoms with Crippen LogP contribution < -0.4 is 10.1 Å². The number of carbonyl (C=O) groups excluding carboxylic acids is 1. The third-order valence-corrected chi connectivity index (χ3v) is 3.28. The van der Waals surface area contributed by atoms with Crippen LogP contribution in [-0.2, 0) is 11.2 Å². The standard InChI is InChI=1S/C17H17N3O2/c1-2-22-16-5-3-13(4-6-16)11-17(21)19-14-8-10-20-15(12-14)7-9-18-20/h3-10,12H,2,11H2,1H3,(H,19,21). The van der Waals surface area contributed by atoms with Crippen LogP contribution in [-0.4, -0.2) is 22.1 Å². The highest BCUT2D eigenvalue weighted by atomic mass is 16.5. The number of nitrogens with zero attached hydrogens (tertiary/aromatic N) is 2. The largest absolute Gasteiger partial charge is 0.494 e. The number of benzene rings is 1. The molecule has 2 aromatic heterocycles. The number of hydrogen-bond acceptors (Lipinski definition) is 3. The van der Waals surface area contributed by atoms with Gasteiger partial charge in [-0.05, 0) is 42.8 Å². The lowest BCUT2D eigenvalue weighted by molar-refractivity contribution is -0.115. The zero-order chi connectivity index (χ0) is 15.4. The van der Waals surface area contributed by atoms with Crippen molar-refractivity contribution in [2.24, 2.45) is 0 Å². The quantitative estimate of drug-likeness (QED) is 0.787. The fourth-order valence-corrected chi connectivity index (χ4v) is 2.26. The van der Waals surface area contributed by atoms with Crippen molar-refractivity contribution in [1.29, 1.82) is 0 Å². The van der Waals surface area contributed by atoms with E-state index in [0.717, 1.165) is 22.5 Å². The van der Waals surface area contributed by atoms with Gasteiger partial charge in [0, 0.05) is 18.1 Å². The van der Waals surface area contributed by atoms with Gasteiger partial charge in [0.25, 0.3) is 0 Å². The van der Waals surface area contributed by atoms with E-state index >= 15 is 0 Å². The van der Waals surface area contributed by atoms with Gasteiger partial charge in [-0.1, -0.05) is 12.1 Å². The Morgan fingerprint density at radius 2 is 2.05 bits per heavy atom. The minimum absolute atomic E-state index is 0.0481. The molecule has 1 N–H and O–H groups in total. The first kappa shape index (κ1) is 14.1. The van der Waals surface area contributed by atoms with E-state index in [0.29, 0.717) is 13.0 Å². The van der Waals surface area contributed by atoms with Gasteiger partial charge >= 0.3 is 0 Å². The Bertz CT molecular complexity index is 778. The minimum atomic E-state index is -0.0481. The molecule has 1 aromatic carbocycles. The SMILES string of the molecule is CCOc1ccc(CC(=O)Nc2ccn3nccc3c2)cc1. The van der Waals surface area contributed by atoms with Gasteiger partial charge in [-0.25, -0.2) is 4.52 Å². The van der Waals surface area contributed by atoms with Gasteiger partial charge in [0.2, 0.25) is 5.91 Å². The second-order valence-corrected chi connectivity index (χ2v) is 4.92. The molecule has 0 atom stereocenters. The number of fused-ring (bicyclic) bond motifs is 1. The molecule has 0 radical (unpaired) electrons. The molecule has 0 saturated carbocycles. The van der Waals surface area contributed by atoms with Gasteiger partial charge < -0.3 is 10.1 Å². The summed E-state index contributed by atoms with van der Waals surface area (Å²) >= 11 is 0. The molecule has 0 fully saturated rings. The summed E-state index contributed by atoms with van der Waals surface area (Å²) in [5.74, 6) is 0.769. The summed E-state index contributed by atoms with van der Waals surface area (Å²) in [6.07, 6.45) is 3.87. The smallest absolute Gasteiger partial charge is 0.228 e. The molecule has 0 unspecified atom stereocenters. The van der Waals surface area contributed by atoms with Crippen molar-refractivity contribution in [3.8, 4) is 5.75 Å². The summed E-state index contributed by atoms with van der Waals surface area (Å²) < 4.78 is 7.14. The Morgan fingerprint density at radius 1 is 1.23 bits per heavy atom. The summed E-state index contributed by atoms with van der Waals surface area (Å²) in [5.41, 5.74) is 2.66. The van der Waals surface area contributed by atoms with Gasteiger partial charge in [-0.15, -0.1) is 0 Å². The molecule has 1 amide bonds. The Balaban J connectivity index is 1.63. The van der Waals surface area contributed by atoms with Crippen LogP contribution in [0.15, 0.2) is 54.9 Å². The second kappa shape index (κ2) is 6.30. The number of hydrogen-bond donors (Lipinski definition) is 1. The first-order chi connectivity index (χ1) is 10.7. The molecule has 0 bridgehead atoms. The van der Waals surface area contributed by atoms with Crippen LogP contribution in [0.2, 0.25) is 0 Å². The van der Waals surface area contributed by atoms with E-state index in [1.54, 1.807) is 10.7 Å². The van der Waals surface area contributed by atoms with Gasteiger partial charge in [0.15, 0.2) is 0 Å². The third kappa shape index (κ3) is 3.25. The number of pyridine rings is 1. The Kier molecular flexibility index (Phi) is 4.05. The number of rotatable bonds is 5. The Morgan fingerprint density at radius 3 is 2.82 bits per heavy atom. The molecular weight excluding hydrogens is 278 g/mol. The topological polar surface area (TPSA) is 55.6 Å². The van der Waals surface area contributed by atoms with Crippen LogP contribution >= 0.6 is 0 Å². The molecule has 0 spiro atoms. The summed E-state index contributed by atoms with van der Waals surface area (Å²) in [6.45, 7) is 2.58. The number of ether oxygens (including phenoxy) is 1. The van der Waals surface area contributed by atoms with Crippen molar-refractivity contribution in [1.82, 2.24) is 9.61 Å². The monoisotopic (exact) mass is 295 g/mol. The molecule has 5 heteroatoms. The first-order valence-electron chi connectivity index (χ1n) is 7.19. The molecular formula is C17H17N3O2. The number of amides is 1. The zero-order valence-corrected chi connectivity index (χ0v) is 12.3. The van der Waals surface area contributed by atoms with E-state index in [2.05, 4.69) is 10.4 Å². The summed E-state index contributed by atoms with van der Waals surface area (Å²) in [7, 11) is 0. The predicted molar refractivity (Wildman–Crippen MR) is 85.1 cm³/mol. The van der Waals surface area contributed by atoms with Crippen LogP contribution in [0.1, 0.15) is 12.5 Å². The summed E-state index contributed by atoms with van der Waals surface area (Å²) in [5, 5.41) is 7.02. The fourth-order valence-electron chi connectivity index (χ4n) is 2.26. The molecule has 112 valence electrons. The lowest BCUT2D eigenvalue weighted by atomic mass is 10.1. The summed E-state index contributed by atoms with van der Waals surface area (Å²) in [4.78, 5) is 12.1. The Hall–Kier alpha value is -2.82. The average molecular weight is 295 g/mol. The van der Waals surface area contributed by atoms with Crippen molar-refractivity contribution < 1.29 is 9.53 Å². The number of carbonyl (C=O) groups is 1. The van der Waals surface area contributed by atoms with Crippen molar-refractivity contribution in [3.05, 3.63) is 60.4 Å². The van der Waals surface area contributed by atoms with Crippen LogP contribution in [0.5, 0.6) is 5.75 Å². The van der Waals surface area contributed by atoms with Crippen LogP contribution in [0.3, 0.4) is 0 Å². The van der Waals surface area contributed by atoms with Crippen LogP contribution in [0, 0.1) is 0 Å². The van der Waals surface area contributed by atoms with E-state index < -0.39 is 0 Å². The minimum Gasteiger partial charge on any atom is -0.494 e. The van der Waals surface area contributed by atoms with E-state index in [1.807, 2.05) is 55.6 Å². The van der Waals surface area contributed by atoms with E-state index in [1.165, 1.54) is 0 Å². The average Bonchev–Trinajstić information content (AvgIpc) is 2.97. The van der Waals surface area contributed by atoms with E-state index in [4.69, 9.17) is 4.74 Å². The fraction of sp³-hybridized carbons (Fsp3) is 0.176. The Labute approximate surface area is 128 Å². The van der Waals surface area contributed by atoms with Gasteiger partial charge in [0.1, 0.15) is 5.75 Å². The normalized spacial score (nSPS) is 10.6. The lowest BCUT2D eigenvalue weighted by Crippen LogP contribution is -2.14. The van der Waals surface area contributed by atoms with Crippen molar-refractivity contribution in [2.75, 3.05) is 11.9 Å². The molecule has 2 heterocycles. The number of anilines is 1. The maximum Gasteiger partial charge on any atom is 0.228 e. The van der Waals surface area contributed by atoms with E-state index in [9.17, 15) is 4.79 Å². The maximum atomic E-state index is 12.1. The van der Waals surface area contributed by atoms with Crippen molar-refractivity contribution in [2.45, 2.75) is 13.3 Å². The molecule has 0 saturated heterocycles. The van der Waals surface area contributed by atoms with Crippen LogP contribution in [0.25, 0.3) is 5.52 Å². The number of aromatic nitrogens is 2. The lowest BCUT2D eigenvalue weighted by Gasteiger charge is -2.07. The highest BCUT2D eigenvalue weighted by Gasteiger charge is 2.05. The number of nitrogens with one attached hydrogen (secondary N) is 1. The highest BCUT2D eigenvalue weighted by molar-refractivity contribution is 5.92. The van der Waals surface area contributed by atoms with Gasteiger partial charge in [-0.3, -0.25) is 4.79 Å². The molecule has 0 aliphatic heterocycles. The van der Waals surface area contributed by atoms with Crippen molar-refractivity contribution >= 4 is 17.1 Å². The predicted octanol–water partition coefficient (Wildman–Crippen LogP) is 2.91. The molecule has 0 aliphatic carbocycles. The van der Waals surface area contributed by atoms with Gasteiger partial charge in [-0.2, -0.15) is 5.10 Å². The highest BCUT2D eigenvalue weighted by Crippen LogP contribution is 2.14. The van der Waals surface area contributed by atoms with Crippen LogP contribution in [0.4, 0.5) is 5.69 Å². The summed E-state index contributed by atoms with van der Waals surface area (Å²) in [6, 6.07) is 13.2. The molecule has 3 aromatic rings. The maximum absolute atomic E-state index is 12.1. The molecule has 5 nitrogen and oxygen atoms in total. The van der Waals surface area contributed by atoms with Crippen molar-refractivity contribution in [3.63, 3.8) is 0 Å². The third-order valence-electron chi connectivity index (χ3n) is 3.28. The molecule has 0 aliphatic rings. The van der Waals surface area contributed by atoms with Gasteiger partial charge in [0.05, 0.1) is 18.5 Å². The second-order valence-electron chi connectivity index (χ2n) is 4.92. The molecule has 22 heavy (non-hydrogen) atoms. The first-order valence-corrected chi connectivity index (χ1v) is 7.19. The van der Waals surface area contributed by atoms with E-state index in [-0.39, 0.29) is 5.91 Å². The molecule has 3 rings (SSSR count).